The quantitative estimate of drug-likeness (QED) is 0.697. The van der Waals surface area contributed by atoms with E-state index in [4.69, 9.17) is 14.1 Å². The van der Waals surface area contributed by atoms with Crippen LogP contribution in [0.2, 0.25) is 19.6 Å². The van der Waals surface area contributed by atoms with Gasteiger partial charge in [-0.2, -0.15) is 5.26 Å². The highest BCUT2D eigenvalue weighted by Gasteiger charge is 2.23. The fraction of sp³-hybridized carbons (Fsp3) is 0.444. The number of furan rings is 1. The Labute approximate surface area is 79.1 Å². The van der Waals surface area contributed by atoms with Gasteiger partial charge in [-0.05, 0) is 31.8 Å². The summed E-state index contributed by atoms with van der Waals surface area (Å²) in [6.07, 6.45) is 0.995. The summed E-state index contributed by atoms with van der Waals surface area (Å²) < 4.78 is 10.7. The first-order valence-electron chi connectivity index (χ1n) is 4.14. The van der Waals surface area contributed by atoms with Crippen LogP contribution in [0, 0.1) is 11.3 Å². The average molecular weight is 195 g/mol. The molecule has 0 spiro atoms. The van der Waals surface area contributed by atoms with Crippen molar-refractivity contribution in [1.29, 1.82) is 5.26 Å². The number of rotatable bonds is 3. The van der Waals surface area contributed by atoms with Crippen LogP contribution in [0.1, 0.15) is 11.9 Å². The summed E-state index contributed by atoms with van der Waals surface area (Å²) in [6.45, 7) is 6.13. The second-order valence-electron chi connectivity index (χ2n) is 3.75. The normalized spacial score (nSPS) is 13.7. The zero-order valence-corrected chi connectivity index (χ0v) is 9.07. The summed E-state index contributed by atoms with van der Waals surface area (Å²) >= 11 is 0. The third-order valence-corrected chi connectivity index (χ3v) is 2.33. The minimum absolute atomic E-state index is 0.554. The Kier molecular flexibility index (Phi) is 2.91. The Morgan fingerprint density at radius 1 is 1.54 bits per heavy atom. The van der Waals surface area contributed by atoms with Gasteiger partial charge in [0.2, 0.25) is 0 Å². The second-order valence-corrected chi connectivity index (χ2v) is 8.22. The molecule has 0 aliphatic carbocycles. The minimum Gasteiger partial charge on any atom is -0.465 e. The molecule has 1 atom stereocenters. The van der Waals surface area contributed by atoms with Crippen LogP contribution in [0.25, 0.3) is 0 Å². The van der Waals surface area contributed by atoms with Crippen LogP contribution in [0.4, 0.5) is 0 Å². The van der Waals surface area contributed by atoms with Crippen molar-refractivity contribution >= 4 is 8.32 Å². The van der Waals surface area contributed by atoms with Gasteiger partial charge < -0.3 is 8.84 Å². The van der Waals surface area contributed by atoms with Gasteiger partial charge in [-0.25, -0.2) is 0 Å². The third kappa shape index (κ3) is 3.05. The molecule has 1 heterocycles. The Hall–Kier alpha value is -1.05. The summed E-state index contributed by atoms with van der Waals surface area (Å²) in [7, 11) is -1.68. The molecule has 3 nitrogen and oxygen atoms in total. The predicted octanol–water partition coefficient (Wildman–Crippen LogP) is 2.70. The molecule has 0 saturated heterocycles. The molecule has 1 aromatic heterocycles. The van der Waals surface area contributed by atoms with Gasteiger partial charge in [0, 0.05) is 0 Å². The SMILES string of the molecule is C[Si](C)(C)OC(C#N)c1ccco1. The molecule has 0 bridgehead atoms. The van der Waals surface area contributed by atoms with Crippen molar-refractivity contribution in [1.82, 2.24) is 0 Å². The fourth-order valence-electron chi connectivity index (χ4n) is 0.942. The first-order valence-corrected chi connectivity index (χ1v) is 7.54. The molecule has 0 aliphatic rings. The van der Waals surface area contributed by atoms with Crippen LogP contribution in [0.3, 0.4) is 0 Å². The lowest BCUT2D eigenvalue weighted by molar-refractivity contribution is 0.222. The maximum Gasteiger partial charge on any atom is 0.192 e. The zero-order valence-electron chi connectivity index (χ0n) is 8.07. The van der Waals surface area contributed by atoms with Crippen molar-refractivity contribution in [2.24, 2.45) is 0 Å². The van der Waals surface area contributed by atoms with E-state index >= 15 is 0 Å². The van der Waals surface area contributed by atoms with Crippen LogP contribution in [0.5, 0.6) is 0 Å². The van der Waals surface area contributed by atoms with Gasteiger partial charge in [0.1, 0.15) is 11.8 Å². The van der Waals surface area contributed by atoms with E-state index in [0.29, 0.717) is 5.76 Å². The molecule has 4 heteroatoms. The molecule has 0 N–H and O–H groups in total. The highest BCUT2D eigenvalue weighted by molar-refractivity contribution is 6.69. The van der Waals surface area contributed by atoms with Gasteiger partial charge in [-0.15, -0.1) is 0 Å². The lowest BCUT2D eigenvalue weighted by Gasteiger charge is -2.19. The fourth-order valence-corrected chi connectivity index (χ4v) is 1.82. The van der Waals surface area contributed by atoms with Crippen LogP contribution in [0.15, 0.2) is 22.8 Å². The lowest BCUT2D eigenvalue weighted by Crippen LogP contribution is -2.27. The van der Waals surface area contributed by atoms with E-state index in [0.717, 1.165) is 0 Å². The summed E-state index contributed by atoms with van der Waals surface area (Å²) in [5, 5.41) is 8.85. The number of hydrogen-bond donors (Lipinski definition) is 0. The monoisotopic (exact) mass is 195 g/mol. The Morgan fingerprint density at radius 3 is 2.62 bits per heavy atom. The molecule has 1 rings (SSSR count). The second kappa shape index (κ2) is 3.77. The van der Waals surface area contributed by atoms with Crippen molar-refractivity contribution in [3.63, 3.8) is 0 Å². The molecule has 1 unspecified atom stereocenters. The maximum absolute atomic E-state index is 8.85. The number of nitrogens with zero attached hydrogens (tertiary/aromatic N) is 1. The zero-order chi connectivity index (χ0) is 9.90. The summed E-state index contributed by atoms with van der Waals surface area (Å²) in [5.41, 5.74) is 0. The summed E-state index contributed by atoms with van der Waals surface area (Å²) in [5.74, 6) is 0.588. The van der Waals surface area contributed by atoms with Crippen molar-refractivity contribution in [3.8, 4) is 6.07 Å². The van der Waals surface area contributed by atoms with E-state index in [-0.39, 0.29) is 0 Å². The highest BCUT2D eigenvalue weighted by atomic mass is 28.4. The van der Waals surface area contributed by atoms with Gasteiger partial charge in [0.15, 0.2) is 14.4 Å². The van der Waals surface area contributed by atoms with Gasteiger partial charge in [0.25, 0.3) is 0 Å². The third-order valence-electron chi connectivity index (χ3n) is 1.39. The van der Waals surface area contributed by atoms with Gasteiger partial charge in [0.05, 0.1) is 6.26 Å². The lowest BCUT2D eigenvalue weighted by atomic mass is 10.3. The number of nitriles is 1. The first-order chi connectivity index (χ1) is 6.03. The van der Waals surface area contributed by atoms with Crippen molar-refractivity contribution in [2.45, 2.75) is 25.7 Å². The van der Waals surface area contributed by atoms with Crippen molar-refractivity contribution in [2.75, 3.05) is 0 Å². The molecule has 0 aliphatic heterocycles. The Balaban J connectivity index is 2.72. The molecule has 0 radical (unpaired) electrons. The molecule has 1 aromatic rings. The largest absolute Gasteiger partial charge is 0.465 e. The van der Waals surface area contributed by atoms with Crippen LogP contribution in [-0.2, 0) is 4.43 Å². The molecule has 0 amide bonds. The minimum atomic E-state index is -1.68. The van der Waals surface area contributed by atoms with Gasteiger partial charge >= 0.3 is 0 Å². The molecule has 0 saturated carbocycles. The summed E-state index contributed by atoms with van der Waals surface area (Å²) in [4.78, 5) is 0. The smallest absolute Gasteiger partial charge is 0.192 e. The molecule has 0 aromatic carbocycles. The van der Waals surface area contributed by atoms with Gasteiger partial charge in [-0.1, -0.05) is 0 Å². The number of hydrogen-bond acceptors (Lipinski definition) is 3. The molecular weight excluding hydrogens is 182 g/mol. The van der Waals surface area contributed by atoms with Crippen molar-refractivity contribution in [3.05, 3.63) is 24.2 Å². The Morgan fingerprint density at radius 2 is 2.23 bits per heavy atom. The maximum atomic E-state index is 8.85. The van der Waals surface area contributed by atoms with Crippen LogP contribution < -0.4 is 0 Å². The van der Waals surface area contributed by atoms with E-state index in [1.165, 1.54) is 0 Å². The Bertz CT molecular complexity index is 294. The van der Waals surface area contributed by atoms with E-state index in [1.54, 1.807) is 18.4 Å². The van der Waals surface area contributed by atoms with Gasteiger partial charge in [-0.3, -0.25) is 0 Å². The average Bonchev–Trinajstić information content (AvgIpc) is 2.50. The topological polar surface area (TPSA) is 46.2 Å². The summed E-state index contributed by atoms with van der Waals surface area (Å²) in [6, 6.07) is 5.59. The molecule has 70 valence electrons. The van der Waals surface area contributed by atoms with Crippen LogP contribution in [-0.4, -0.2) is 8.32 Å². The van der Waals surface area contributed by atoms with E-state index < -0.39 is 14.4 Å². The first kappa shape index (κ1) is 10.0. The molecule has 0 fully saturated rings. The van der Waals surface area contributed by atoms with Crippen molar-refractivity contribution < 1.29 is 8.84 Å². The van der Waals surface area contributed by atoms with E-state index in [2.05, 4.69) is 6.07 Å². The predicted molar refractivity (Wildman–Crippen MR) is 51.5 cm³/mol. The standard InChI is InChI=1S/C9H13NO2Si/c1-13(2,3)12-9(7-10)8-5-4-6-11-8/h4-6,9H,1-3H3. The van der Waals surface area contributed by atoms with Crippen LogP contribution >= 0.6 is 0 Å². The highest BCUT2D eigenvalue weighted by Crippen LogP contribution is 2.21. The molecule has 13 heavy (non-hydrogen) atoms. The van der Waals surface area contributed by atoms with E-state index in [1.807, 2.05) is 19.6 Å². The molecular formula is C9H13NO2Si. The van der Waals surface area contributed by atoms with E-state index in [9.17, 15) is 0 Å².